The van der Waals surface area contributed by atoms with Crippen LogP contribution < -0.4 is 5.73 Å². The summed E-state index contributed by atoms with van der Waals surface area (Å²) < 4.78 is 4.95. The Morgan fingerprint density at radius 2 is 2.18 bits per heavy atom. The van der Waals surface area contributed by atoms with Crippen LogP contribution in [0.15, 0.2) is 0 Å². The summed E-state index contributed by atoms with van der Waals surface area (Å²) in [7, 11) is 0. The van der Waals surface area contributed by atoms with Gasteiger partial charge in [-0.15, -0.1) is 0 Å². The highest BCUT2D eigenvalue weighted by Gasteiger charge is 2.37. The molecule has 0 bridgehead atoms. The lowest BCUT2D eigenvalue weighted by Gasteiger charge is -2.19. The van der Waals surface area contributed by atoms with Gasteiger partial charge < -0.3 is 25.8 Å². The molecule has 0 aromatic carbocycles. The molecule has 0 aromatic heterocycles. The minimum atomic E-state index is -0.975. The van der Waals surface area contributed by atoms with E-state index in [0.717, 1.165) is 0 Å². The van der Waals surface area contributed by atoms with Crippen LogP contribution in [0.2, 0.25) is 0 Å². The summed E-state index contributed by atoms with van der Waals surface area (Å²) in [6.07, 6.45) is -2.50. The van der Waals surface area contributed by atoms with E-state index in [9.17, 15) is 5.11 Å². The van der Waals surface area contributed by atoms with E-state index in [1.807, 2.05) is 0 Å². The fourth-order valence-corrected chi connectivity index (χ4v) is 1.11. The first kappa shape index (κ1) is 8.89. The summed E-state index contributed by atoms with van der Waals surface area (Å²) >= 11 is 0. The zero-order valence-electron chi connectivity index (χ0n) is 6.05. The number of aliphatic hydroxyl groups excluding tert-OH is 3. The minimum absolute atomic E-state index is 0.0829. The quantitative estimate of drug-likeness (QED) is 0.359. The van der Waals surface area contributed by atoms with Crippen molar-refractivity contribution in [3.63, 3.8) is 0 Å². The monoisotopic (exact) mass is 163 g/mol. The molecule has 0 aromatic rings. The van der Waals surface area contributed by atoms with Crippen LogP contribution in [0.25, 0.3) is 0 Å². The molecule has 11 heavy (non-hydrogen) atoms. The zero-order chi connectivity index (χ0) is 8.43. The first-order valence-electron chi connectivity index (χ1n) is 3.51. The van der Waals surface area contributed by atoms with Gasteiger partial charge in [0.05, 0.1) is 19.3 Å². The molecule has 1 rings (SSSR count). The van der Waals surface area contributed by atoms with Crippen molar-refractivity contribution in [2.24, 2.45) is 5.73 Å². The molecule has 1 saturated heterocycles. The maximum atomic E-state index is 9.19. The molecule has 66 valence electrons. The Hall–Kier alpha value is -0.200. The third-order valence-corrected chi connectivity index (χ3v) is 1.82. The third-order valence-electron chi connectivity index (χ3n) is 1.82. The first-order valence-corrected chi connectivity index (χ1v) is 3.51. The molecule has 1 fully saturated rings. The molecule has 4 atom stereocenters. The van der Waals surface area contributed by atoms with E-state index in [-0.39, 0.29) is 13.2 Å². The zero-order valence-corrected chi connectivity index (χ0v) is 6.05. The largest absolute Gasteiger partial charge is 0.395 e. The van der Waals surface area contributed by atoms with E-state index >= 15 is 0 Å². The maximum Gasteiger partial charge on any atom is 0.110 e. The molecule has 5 nitrogen and oxygen atoms in total. The molecule has 0 amide bonds. The van der Waals surface area contributed by atoms with Gasteiger partial charge in [-0.2, -0.15) is 0 Å². The van der Waals surface area contributed by atoms with E-state index in [1.165, 1.54) is 0 Å². The van der Waals surface area contributed by atoms with Gasteiger partial charge in [0.2, 0.25) is 0 Å². The number of ether oxygens (including phenoxy) is 1. The van der Waals surface area contributed by atoms with Crippen molar-refractivity contribution >= 4 is 0 Å². The molecule has 1 heterocycles. The maximum absolute atomic E-state index is 9.19. The smallest absolute Gasteiger partial charge is 0.110 e. The number of aliphatic hydroxyl groups is 3. The Morgan fingerprint density at radius 1 is 1.55 bits per heavy atom. The molecule has 1 aliphatic heterocycles. The van der Waals surface area contributed by atoms with E-state index in [1.54, 1.807) is 0 Å². The van der Waals surface area contributed by atoms with Crippen LogP contribution in [0.1, 0.15) is 0 Å². The van der Waals surface area contributed by atoms with E-state index < -0.39 is 24.4 Å². The van der Waals surface area contributed by atoms with Crippen LogP contribution in [-0.4, -0.2) is 52.9 Å². The average molecular weight is 163 g/mol. The van der Waals surface area contributed by atoms with Gasteiger partial charge in [0.25, 0.3) is 0 Å². The lowest BCUT2D eigenvalue weighted by molar-refractivity contribution is 0.000508. The summed E-state index contributed by atoms with van der Waals surface area (Å²) in [5.41, 5.74) is 5.38. The molecular weight excluding hydrogens is 150 g/mol. The molecule has 1 aliphatic rings. The van der Waals surface area contributed by atoms with Crippen LogP contribution in [0.4, 0.5) is 0 Å². The van der Waals surface area contributed by atoms with Crippen molar-refractivity contribution < 1.29 is 20.1 Å². The van der Waals surface area contributed by atoms with E-state index in [4.69, 9.17) is 20.7 Å². The summed E-state index contributed by atoms with van der Waals surface area (Å²) in [6, 6.07) is -0.623. The highest BCUT2D eigenvalue weighted by molar-refractivity contribution is 4.89. The summed E-state index contributed by atoms with van der Waals surface area (Å²) in [6.45, 7) is -0.173. The lowest BCUT2D eigenvalue weighted by atomic mass is 10.1. The average Bonchev–Trinajstić information content (AvgIpc) is 2.32. The van der Waals surface area contributed by atoms with Gasteiger partial charge in [-0.3, -0.25) is 0 Å². The molecule has 0 unspecified atom stereocenters. The number of rotatable bonds is 2. The van der Waals surface area contributed by atoms with Crippen LogP contribution in [0.3, 0.4) is 0 Å². The fourth-order valence-electron chi connectivity index (χ4n) is 1.11. The van der Waals surface area contributed by atoms with E-state index in [2.05, 4.69) is 0 Å². The van der Waals surface area contributed by atoms with E-state index in [0.29, 0.717) is 0 Å². The molecule has 0 aliphatic carbocycles. The van der Waals surface area contributed by atoms with Crippen LogP contribution >= 0.6 is 0 Å². The van der Waals surface area contributed by atoms with Gasteiger partial charge in [0, 0.05) is 0 Å². The van der Waals surface area contributed by atoms with Gasteiger partial charge >= 0.3 is 0 Å². The van der Waals surface area contributed by atoms with Crippen LogP contribution in [-0.2, 0) is 4.74 Å². The predicted octanol–water partition coefficient (Wildman–Crippen LogP) is -2.57. The molecule has 0 spiro atoms. The number of nitrogens with two attached hydrogens (primary N) is 1. The van der Waals surface area contributed by atoms with Crippen molar-refractivity contribution in [2.75, 3.05) is 13.2 Å². The van der Waals surface area contributed by atoms with Crippen LogP contribution in [0, 0.1) is 0 Å². The highest BCUT2D eigenvalue weighted by atomic mass is 16.5. The fraction of sp³-hybridized carbons (Fsp3) is 1.00. The van der Waals surface area contributed by atoms with Gasteiger partial charge in [0.15, 0.2) is 0 Å². The highest BCUT2D eigenvalue weighted by Crippen LogP contribution is 2.15. The molecular formula is C6H13NO4. The SMILES string of the molecule is N[C@@H](CO)[C@H]1OC[C@@H](O)[C@H]1O. The van der Waals surface area contributed by atoms with Gasteiger partial charge in [-0.1, -0.05) is 0 Å². The third kappa shape index (κ3) is 1.69. The summed E-state index contributed by atoms with van der Waals surface area (Å²) in [4.78, 5) is 0. The van der Waals surface area contributed by atoms with Crippen LogP contribution in [0.5, 0.6) is 0 Å². The van der Waals surface area contributed by atoms with Crippen molar-refractivity contribution in [3.8, 4) is 0 Å². The Bertz CT molecular complexity index is 132. The van der Waals surface area contributed by atoms with Crippen molar-refractivity contribution in [3.05, 3.63) is 0 Å². The molecule has 5 heteroatoms. The molecule has 0 radical (unpaired) electrons. The number of hydrogen-bond acceptors (Lipinski definition) is 5. The standard InChI is InChI=1S/C6H13NO4/c7-3(1-8)6-5(10)4(9)2-11-6/h3-6,8-10H,1-2,7H2/t3-,4+,5+,6+/m0/s1. The lowest BCUT2D eigenvalue weighted by Crippen LogP contribution is -2.45. The second-order valence-electron chi connectivity index (χ2n) is 2.70. The van der Waals surface area contributed by atoms with Crippen molar-refractivity contribution in [2.45, 2.75) is 24.4 Å². The van der Waals surface area contributed by atoms with Crippen molar-refractivity contribution in [1.29, 1.82) is 0 Å². The second-order valence-corrected chi connectivity index (χ2v) is 2.70. The summed E-state index contributed by atoms with van der Waals surface area (Å²) in [5, 5.41) is 26.8. The Balaban J connectivity index is 2.47. The Kier molecular flexibility index (Phi) is 2.80. The predicted molar refractivity (Wildman–Crippen MR) is 36.8 cm³/mol. The molecule has 5 N–H and O–H groups in total. The minimum Gasteiger partial charge on any atom is -0.395 e. The van der Waals surface area contributed by atoms with Gasteiger partial charge in [-0.25, -0.2) is 0 Å². The van der Waals surface area contributed by atoms with Gasteiger partial charge in [0.1, 0.15) is 18.3 Å². The summed E-state index contributed by atoms with van der Waals surface area (Å²) in [5.74, 6) is 0. The number of hydrogen-bond donors (Lipinski definition) is 4. The Morgan fingerprint density at radius 3 is 2.55 bits per heavy atom. The second kappa shape index (κ2) is 3.46. The normalized spacial score (nSPS) is 40.9. The van der Waals surface area contributed by atoms with Crippen molar-refractivity contribution in [1.82, 2.24) is 0 Å². The first-order chi connectivity index (χ1) is 5.16. The van der Waals surface area contributed by atoms with Gasteiger partial charge in [-0.05, 0) is 0 Å². The molecule has 0 saturated carbocycles. The topological polar surface area (TPSA) is 95.9 Å². The Labute approximate surface area is 64.4 Å².